The summed E-state index contributed by atoms with van der Waals surface area (Å²) >= 11 is 12.1. The molecule has 4 aromatic rings. The van der Waals surface area contributed by atoms with Crippen molar-refractivity contribution in [1.82, 2.24) is 0 Å². The van der Waals surface area contributed by atoms with E-state index in [0.717, 1.165) is 12.1 Å². The van der Waals surface area contributed by atoms with E-state index >= 15 is 0 Å². The average Bonchev–Trinajstić information content (AvgIpc) is 2.79. The van der Waals surface area contributed by atoms with Crippen LogP contribution in [0.3, 0.4) is 0 Å². The third-order valence-corrected chi connectivity index (χ3v) is 5.71. The minimum absolute atomic E-state index is 0.0474. The maximum absolute atomic E-state index is 13.0. The second-order valence-electron chi connectivity index (χ2n) is 7.30. The Morgan fingerprint density at radius 3 is 2.20 bits per heavy atom. The summed E-state index contributed by atoms with van der Waals surface area (Å²) in [5.41, 5.74) is -1.45. The number of carbonyl (C=O) groups is 1. The number of nitro groups is 2. The number of fused-ring (bicyclic) bond motifs is 1. The van der Waals surface area contributed by atoms with Crippen molar-refractivity contribution in [3.63, 3.8) is 0 Å². The van der Waals surface area contributed by atoms with Crippen molar-refractivity contribution in [1.29, 1.82) is 0 Å². The molecule has 0 bridgehead atoms. The molecule has 0 saturated heterocycles. The number of nitro benzene ring substituents is 2. The maximum Gasteiger partial charge on any atom is 0.344 e. The van der Waals surface area contributed by atoms with Gasteiger partial charge in [-0.2, -0.15) is 0 Å². The SMILES string of the molecule is Cc1c([N+](=O)[O-])cc(C(=O)Oc2ccc3c(=O)c(-c4ccc(Cl)cc4Cl)coc3c2)cc1[N+](=O)[O-]. The minimum Gasteiger partial charge on any atom is -0.463 e. The Morgan fingerprint density at radius 1 is 0.943 bits per heavy atom. The van der Waals surface area contributed by atoms with Crippen LogP contribution in [0.5, 0.6) is 5.75 Å². The lowest BCUT2D eigenvalue weighted by atomic mass is 10.1. The molecule has 0 radical (unpaired) electrons. The van der Waals surface area contributed by atoms with Crippen LogP contribution in [0, 0.1) is 27.2 Å². The van der Waals surface area contributed by atoms with Crippen molar-refractivity contribution in [2.45, 2.75) is 6.92 Å². The van der Waals surface area contributed by atoms with E-state index in [0.29, 0.717) is 10.6 Å². The molecule has 3 aromatic carbocycles. The molecular formula is C23H12Cl2N2O8. The fourth-order valence-electron chi connectivity index (χ4n) is 3.41. The average molecular weight is 515 g/mol. The van der Waals surface area contributed by atoms with Crippen molar-refractivity contribution in [2.75, 3.05) is 0 Å². The topological polar surface area (TPSA) is 143 Å². The lowest BCUT2D eigenvalue weighted by Crippen LogP contribution is -2.11. The molecule has 0 aliphatic rings. The van der Waals surface area contributed by atoms with Gasteiger partial charge in [-0.05, 0) is 31.2 Å². The summed E-state index contributed by atoms with van der Waals surface area (Å²) in [6.07, 6.45) is 1.21. The van der Waals surface area contributed by atoms with Crippen molar-refractivity contribution < 1.29 is 23.8 Å². The molecule has 10 nitrogen and oxygen atoms in total. The van der Waals surface area contributed by atoms with Gasteiger partial charge in [-0.1, -0.05) is 29.3 Å². The fraction of sp³-hybridized carbons (Fsp3) is 0.0435. The molecule has 0 spiro atoms. The van der Waals surface area contributed by atoms with Gasteiger partial charge in [0.2, 0.25) is 5.43 Å². The number of nitrogens with zero attached hydrogens (tertiary/aromatic N) is 2. The number of hydrogen-bond acceptors (Lipinski definition) is 8. The zero-order valence-electron chi connectivity index (χ0n) is 17.6. The highest BCUT2D eigenvalue weighted by Crippen LogP contribution is 2.32. The Labute approximate surface area is 205 Å². The first-order chi connectivity index (χ1) is 16.6. The molecule has 0 amide bonds. The summed E-state index contributed by atoms with van der Waals surface area (Å²) in [7, 11) is 0. The molecule has 0 aliphatic heterocycles. The summed E-state index contributed by atoms with van der Waals surface area (Å²) in [6, 6.07) is 10.4. The van der Waals surface area contributed by atoms with Crippen molar-refractivity contribution >= 4 is 51.5 Å². The predicted molar refractivity (Wildman–Crippen MR) is 127 cm³/mol. The number of halogens is 2. The first-order valence-corrected chi connectivity index (χ1v) is 10.5. The lowest BCUT2D eigenvalue weighted by Gasteiger charge is -2.08. The molecule has 4 rings (SSSR count). The van der Waals surface area contributed by atoms with Crippen LogP contribution in [-0.2, 0) is 0 Å². The van der Waals surface area contributed by atoms with E-state index in [1.807, 2.05) is 0 Å². The van der Waals surface area contributed by atoms with Crippen LogP contribution >= 0.6 is 23.2 Å². The molecular weight excluding hydrogens is 503 g/mol. The number of benzene rings is 3. The number of rotatable bonds is 5. The highest BCUT2D eigenvalue weighted by atomic mass is 35.5. The van der Waals surface area contributed by atoms with E-state index in [-0.39, 0.29) is 38.4 Å². The summed E-state index contributed by atoms with van der Waals surface area (Å²) in [6.45, 7) is 1.21. The van der Waals surface area contributed by atoms with E-state index in [4.69, 9.17) is 32.4 Å². The third kappa shape index (κ3) is 4.57. The van der Waals surface area contributed by atoms with Gasteiger partial charge >= 0.3 is 5.97 Å². The second-order valence-corrected chi connectivity index (χ2v) is 8.15. The highest BCUT2D eigenvalue weighted by molar-refractivity contribution is 6.36. The molecule has 0 unspecified atom stereocenters. The zero-order valence-corrected chi connectivity index (χ0v) is 19.1. The molecule has 0 atom stereocenters. The molecule has 1 aromatic heterocycles. The smallest absolute Gasteiger partial charge is 0.344 e. The van der Waals surface area contributed by atoms with E-state index in [2.05, 4.69) is 0 Å². The van der Waals surface area contributed by atoms with Gasteiger partial charge in [-0.3, -0.25) is 25.0 Å². The van der Waals surface area contributed by atoms with Gasteiger partial charge < -0.3 is 9.15 Å². The summed E-state index contributed by atoms with van der Waals surface area (Å²) in [4.78, 5) is 46.4. The highest BCUT2D eigenvalue weighted by Gasteiger charge is 2.26. The van der Waals surface area contributed by atoms with Gasteiger partial charge in [0.1, 0.15) is 23.2 Å². The van der Waals surface area contributed by atoms with Gasteiger partial charge in [0.05, 0.1) is 31.4 Å². The van der Waals surface area contributed by atoms with Gasteiger partial charge in [-0.25, -0.2) is 4.79 Å². The summed E-state index contributed by atoms with van der Waals surface area (Å²) < 4.78 is 10.8. The van der Waals surface area contributed by atoms with Gasteiger partial charge in [0, 0.05) is 28.8 Å². The zero-order chi connectivity index (χ0) is 25.4. The number of esters is 1. The minimum atomic E-state index is -1.07. The Morgan fingerprint density at radius 2 is 1.60 bits per heavy atom. The maximum atomic E-state index is 13.0. The molecule has 0 saturated carbocycles. The van der Waals surface area contributed by atoms with Gasteiger partial charge in [-0.15, -0.1) is 0 Å². The van der Waals surface area contributed by atoms with E-state index < -0.39 is 32.6 Å². The van der Waals surface area contributed by atoms with E-state index in [1.54, 1.807) is 12.1 Å². The number of ether oxygens (including phenoxy) is 1. The summed E-state index contributed by atoms with van der Waals surface area (Å²) in [5.74, 6) is -1.11. The van der Waals surface area contributed by atoms with Crippen LogP contribution in [0.15, 0.2) is 64.0 Å². The molecule has 35 heavy (non-hydrogen) atoms. The quantitative estimate of drug-likeness (QED) is 0.134. The Balaban J connectivity index is 1.69. The van der Waals surface area contributed by atoms with Crippen LogP contribution in [0.2, 0.25) is 10.0 Å². The van der Waals surface area contributed by atoms with Crippen LogP contribution in [0.1, 0.15) is 15.9 Å². The predicted octanol–water partition coefficient (Wildman–Crippen LogP) is 6.11. The molecule has 0 fully saturated rings. The van der Waals surface area contributed by atoms with E-state index in [1.165, 1.54) is 37.5 Å². The molecule has 176 valence electrons. The van der Waals surface area contributed by atoms with Crippen LogP contribution in [-0.4, -0.2) is 15.8 Å². The Kier molecular flexibility index (Phi) is 6.25. The largest absolute Gasteiger partial charge is 0.463 e. The van der Waals surface area contributed by atoms with Crippen LogP contribution in [0.25, 0.3) is 22.1 Å². The Bertz CT molecular complexity index is 1580. The van der Waals surface area contributed by atoms with Gasteiger partial charge in [0.25, 0.3) is 11.4 Å². The second kappa shape index (κ2) is 9.16. The first-order valence-electron chi connectivity index (χ1n) is 9.73. The van der Waals surface area contributed by atoms with Crippen LogP contribution < -0.4 is 10.2 Å². The van der Waals surface area contributed by atoms with E-state index in [9.17, 15) is 29.8 Å². The monoisotopic (exact) mass is 514 g/mol. The molecule has 0 aliphatic carbocycles. The van der Waals surface area contributed by atoms with Crippen molar-refractivity contribution in [3.05, 3.63) is 106 Å². The molecule has 0 N–H and O–H groups in total. The normalized spacial score (nSPS) is 10.8. The number of carbonyl (C=O) groups excluding carboxylic acids is 1. The standard InChI is InChI=1S/C23H12Cl2N2O8/c1-11-19(26(30)31)6-12(7-20(11)27(32)33)23(29)35-14-3-5-16-21(9-14)34-10-17(22(16)28)15-4-2-13(24)8-18(15)25/h2-10H,1H3. The number of hydrogen-bond donors (Lipinski definition) is 0. The molecule has 1 heterocycles. The third-order valence-electron chi connectivity index (χ3n) is 5.16. The lowest BCUT2D eigenvalue weighted by molar-refractivity contribution is -0.395. The summed E-state index contributed by atoms with van der Waals surface area (Å²) in [5, 5.41) is 23.3. The van der Waals surface area contributed by atoms with Crippen LogP contribution in [0.4, 0.5) is 11.4 Å². The van der Waals surface area contributed by atoms with Gasteiger partial charge in [0.15, 0.2) is 0 Å². The van der Waals surface area contributed by atoms with Crippen molar-refractivity contribution in [2.24, 2.45) is 0 Å². The fourth-order valence-corrected chi connectivity index (χ4v) is 3.92. The molecule has 12 heteroatoms. The Hall–Kier alpha value is -4.28. The first kappa shape index (κ1) is 23.9. The van der Waals surface area contributed by atoms with Crippen molar-refractivity contribution in [3.8, 4) is 16.9 Å².